The van der Waals surface area contributed by atoms with Crippen LogP contribution >= 0.6 is 0 Å². The van der Waals surface area contributed by atoms with Gasteiger partial charge in [-0.15, -0.1) is 0 Å². The van der Waals surface area contributed by atoms with Crippen molar-refractivity contribution < 1.29 is 9.53 Å². The summed E-state index contributed by atoms with van der Waals surface area (Å²) >= 11 is 0. The predicted molar refractivity (Wildman–Crippen MR) is 67.3 cm³/mol. The van der Waals surface area contributed by atoms with Crippen molar-refractivity contribution in [2.45, 2.75) is 31.2 Å². The minimum absolute atomic E-state index is 0.0175. The van der Waals surface area contributed by atoms with Gasteiger partial charge >= 0.3 is 0 Å². The van der Waals surface area contributed by atoms with Crippen molar-refractivity contribution in [1.82, 2.24) is 0 Å². The number of ether oxygens (including phenoxy) is 1. The number of benzene rings is 1. The number of ketones is 1. The van der Waals surface area contributed by atoms with Gasteiger partial charge in [0.1, 0.15) is 17.1 Å². The van der Waals surface area contributed by atoms with Crippen LogP contribution in [0.4, 0.5) is 0 Å². The Kier molecular flexibility index (Phi) is 3.53. The van der Waals surface area contributed by atoms with Gasteiger partial charge in [-0.3, -0.25) is 4.79 Å². The van der Waals surface area contributed by atoms with Gasteiger partial charge in [-0.25, -0.2) is 0 Å². The quantitative estimate of drug-likeness (QED) is 0.465. The van der Waals surface area contributed by atoms with E-state index in [1.165, 1.54) is 0 Å². The van der Waals surface area contributed by atoms with Gasteiger partial charge in [-0.1, -0.05) is 29.7 Å². The monoisotopic (exact) mass is 245 g/mol. The van der Waals surface area contributed by atoms with Gasteiger partial charge in [0.25, 0.3) is 0 Å². The van der Waals surface area contributed by atoms with Gasteiger partial charge in [0.05, 0.1) is 7.11 Å². The number of hydrogen-bond acceptors (Lipinski definition) is 3. The van der Waals surface area contributed by atoms with Crippen LogP contribution < -0.4 is 4.74 Å². The molecule has 0 N–H and O–H groups in total. The smallest absolute Gasteiger partial charge is 0.149 e. The van der Waals surface area contributed by atoms with Crippen molar-refractivity contribution in [2.75, 3.05) is 7.11 Å². The molecule has 0 saturated heterocycles. The second-order valence-electron chi connectivity index (χ2n) is 4.38. The van der Waals surface area contributed by atoms with E-state index in [-0.39, 0.29) is 5.78 Å². The summed E-state index contributed by atoms with van der Waals surface area (Å²) in [6.07, 6.45) is 2.74. The molecule has 0 heterocycles. The molecule has 0 aliphatic heterocycles. The number of para-hydroxylation sites is 1. The molecule has 94 valence electrons. The number of nitrogens with zero attached hydrogens (tertiary/aromatic N) is 3. The van der Waals surface area contributed by atoms with E-state index >= 15 is 0 Å². The lowest BCUT2D eigenvalue weighted by atomic mass is 9.76. The first-order chi connectivity index (χ1) is 8.74. The molecule has 1 saturated carbocycles. The zero-order valence-corrected chi connectivity index (χ0v) is 10.3. The number of carbonyl (C=O) groups is 1. The highest BCUT2D eigenvalue weighted by atomic mass is 16.5. The highest BCUT2D eigenvalue weighted by molar-refractivity contribution is 5.91. The van der Waals surface area contributed by atoms with Crippen molar-refractivity contribution >= 4 is 5.78 Å². The van der Waals surface area contributed by atoms with Crippen molar-refractivity contribution in [3.63, 3.8) is 0 Å². The van der Waals surface area contributed by atoms with Gasteiger partial charge < -0.3 is 4.74 Å². The normalized spacial score (nSPS) is 23.3. The fraction of sp³-hybridized carbons (Fsp3) is 0.462. The topological polar surface area (TPSA) is 75.1 Å². The first kappa shape index (κ1) is 12.5. The van der Waals surface area contributed by atoms with Crippen LogP contribution in [0.5, 0.6) is 5.75 Å². The minimum atomic E-state index is -1.08. The highest BCUT2D eigenvalue weighted by Gasteiger charge is 2.42. The number of rotatable bonds is 3. The molecular formula is C13H15N3O2. The zero-order chi connectivity index (χ0) is 13.0. The first-order valence-electron chi connectivity index (χ1n) is 5.97. The lowest BCUT2D eigenvalue weighted by Crippen LogP contribution is -2.36. The second-order valence-corrected chi connectivity index (χ2v) is 4.38. The van der Waals surface area contributed by atoms with Crippen LogP contribution in [-0.2, 0) is 10.3 Å². The molecule has 1 aromatic rings. The van der Waals surface area contributed by atoms with Gasteiger partial charge in [-0.2, -0.15) is 0 Å². The van der Waals surface area contributed by atoms with E-state index in [4.69, 9.17) is 10.3 Å². The molecule has 0 bridgehead atoms. The van der Waals surface area contributed by atoms with E-state index in [9.17, 15) is 4.79 Å². The molecule has 1 atom stereocenters. The van der Waals surface area contributed by atoms with Crippen LogP contribution in [0.1, 0.15) is 31.2 Å². The number of Topliss-reactive ketones (excluding diaryl/α,β-unsaturated/α-hetero) is 1. The fourth-order valence-electron chi connectivity index (χ4n) is 2.52. The number of hydrogen-bond donors (Lipinski definition) is 0. The Morgan fingerprint density at radius 2 is 2.17 bits per heavy atom. The lowest BCUT2D eigenvalue weighted by molar-refractivity contribution is -0.126. The zero-order valence-electron chi connectivity index (χ0n) is 10.3. The molecule has 1 aliphatic carbocycles. The third-order valence-electron chi connectivity index (χ3n) is 3.42. The first-order valence-corrected chi connectivity index (χ1v) is 5.97. The summed E-state index contributed by atoms with van der Waals surface area (Å²) in [5.41, 5.74) is 8.38. The molecule has 5 nitrogen and oxygen atoms in total. The Morgan fingerprint density at radius 1 is 1.39 bits per heavy atom. The molecule has 1 aliphatic rings. The molecule has 1 aromatic carbocycles. The van der Waals surface area contributed by atoms with Gasteiger partial charge in [-0.05, 0) is 24.4 Å². The maximum absolute atomic E-state index is 12.3. The average molecular weight is 245 g/mol. The Hall–Kier alpha value is -2.00. The Morgan fingerprint density at radius 3 is 2.83 bits per heavy atom. The van der Waals surface area contributed by atoms with Crippen molar-refractivity contribution in [3.05, 3.63) is 40.3 Å². The summed E-state index contributed by atoms with van der Waals surface area (Å²) < 4.78 is 5.28. The molecule has 1 fully saturated rings. The van der Waals surface area contributed by atoms with E-state index in [1.807, 2.05) is 12.1 Å². The van der Waals surface area contributed by atoms with E-state index in [2.05, 4.69) is 10.0 Å². The predicted octanol–water partition coefficient (Wildman–Crippen LogP) is 3.34. The molecule has 0 radical (unpaired) electrons. The SMILES string of the molecule is COc1ccccc1C1(N=[N+]=[N-])CCCCC1=O. The van der Waals surface area contributed by atoms with Gasteiger partial charge in [0, 0.05) is 16.9 Å². The van der Waals surface area contributed by atoms with Crippen LogP contribution in [0, 0.1) is 0 Å². The summed E-state index contributed by atoms with van der Waals surface area (Å²) in [4.78, 5) is 15.1. The summed E-state index contributed by atoms with van der Waals surface area (Å²) in [5, 5.41) is 3.83. The maximum Gasteiger partial charge on any atom is 0.149 e. The highest BCUT2D eigenvalue weighted by Crippen LogP contribution is 2.42. The molecule has 1 unspecified atom stereocenters. The maximum atomic E-state index is 12.3. The largest absolute Gasteiger partial charge is 0.496 e. The lowest BCUT2D eigenvalue weighted by Gasteiger charge is -2.32. The summed E-state index contributed by atoms with van der Waals surface area (Å²) in [6, 6.07) is 7.25. The standard InChI is InChI=1S/C13H15N3O2/c1-18-11-7-3-2-6-10(11)13(15-16-14)9-5-4-8-12(13)17/h2-3,6-7H,4-5,8-9H2,1H3. The van der Waals surface area contributed by atoms with Crippen LogP contribution in [0.2, 0.25) is 0 Å². The second kappa shape index (κ2) is 5.10. The summed E-state index contributed by atoms with van der Waals surface area (Å²) in [7, 11) is 1.55. The Balaban J connectivity index is 2.59. The van der Waals surface area contributed by atoms with Crippen LogP contribution in [0.15, 0.2) is 29.4 Å². The third-order valence-corrected chi connectivity index (χ3v) is 3.42. The number of azide groups is 1. The molecule has 0 spiro atoms. The number of methoxy groups -OCH3 is 1. The van der Waals surface area contributed by atoms with Crippen molar-refractivity contribution in [3.8, 4) is 5.75 Å². The van der Waals surface area contributed by atoms with Crippen molar-refractivity contribution in [1.29, 1.82) is 0 Å². The Labute approximate surface area is 105 Å². The van der Waals surface area contributed by atoms with Gasteiger partial charge in [0.15, 0.2) is 0 Å². The number of carbonyl (C=O) groups excluding carboxylic acids is 1. The van der Waals surface area contributed by atoms with E-state index in [0.29, 0.717) is 24.2 Å². The molecule has 0 amide bonds. The minimum Gasteiger partial charge on any atom is -0.496 e. The van der Waals surface area contributed by atoms with E-state index in [1.54, 1.807) is 19.2 Å². The van der Waals surface area contributed by atoms with Crippen molar-refractivity contribution in [2.24, 2.45) is 5.11 Å². The fourth-order valence-corrected chi connectivity index (χ4v) is 2.52. The van der Waals surface area contributed by atoms with Gasteiger partial charge in [0.2, 0.25) is 0 Å². The van der Waals surface area contributed by atoms with E-state index < -0.39 is 5.54 Å². The van der Waals surface area contributed by atoms with Crippen LogP contribution in [0.25, 0.3) is 10.4 Å². The molecule has 2 rings (SSSR count). The van der Waals surface area contributed by atoms with E-state index in [0.717, 1.165) is 12.8 Å². The van der Waals surface area contributed by atoms with Crippen LogP contribution in [0.3, 0.4) is 0 Å². The molecule has 5 heteroatoms. The summed E-state index contributed by atoms with van der Waals surface area (Å²) in [5.74, 6) is 0.580. The molecule has 0 aromatic heterocycles. The molecular weight excluding hydrogens is 230 g/mol. The summed E-state index contributed by atoms with van der Waals surface area (Å²) in [6.45, 7) is 0. The third kappa shape index (κ3) is 1.93. The van der Waals surface area contributed by atoms with Crippen LogP contribution in [-0.4, -0.2) is 12.9 Å². The average Bonchev–Trinajstić information content (AvgIpc) is 2.42. The Bertz CT molecular complexity index is 509. The molecule has 18 heavy (non-hydrogen) atoms.